The number of nitrogens with zero attached hydrogens (tertiary/aromatic N) is 1. The molecule has 1 saturated carbocycles. The molecule has 0 aromatic heterocycles. The van der Waals surface area contributed by atoms with Gasteiger partial charge in [0.25, 0.3) is 5.91 Å². The molecule has 1 saturated heterocycles. The second-order valence-electron chi connectivity index (χ2n) is 7.83. The van der Waals surface area contributed by atoms with Gasteiger partial charge >= 0.3 is 7.12 Å². The van der Waals surface area contributed by atoms with E-state index < -0.39 is 18.3 Å². The van der Waals surface area contributed by atoms with Gasteiger partial charge in [-0.3, -0.25) is 4.79 Å². The molecule has 1 heterocycles. The Morgan fingerprint density at radius 2 is 1.75 bits per heavy atom. The lowest BCUT2D eigenvalue weighted by Gasteiger charge is -2.32. The van der Waals surface area contributed by atoms with Crippen LogP contribution < -0.4 is 10.2 Å². The molecule has 2 aliphatic rings. The Morgan fingerprint density at radius 3 is 2.25 bits per heavy atom. The van der Waals surface area contributed by atoms with Crippen LogP contribution in [0.1, 0.15) is 50.9 Å². The van der Waals surface area contributed by atoms with Crippen LogP contribution >= 0.6 is 0 Å². The highest BCUT2D eigenvalue weighted by atomic mass is 16.7. The summed E-state index contributed by atoms with van der Waals surface area (Å²) in [5, 5.41) is 0. The summed E-state index contributed by atoms with van der Waals surface area (Å²) in [4.78, 5) is 14.4. The summed E-state index contributed by atoms with van der Waals surface area (Å²) in [5.41, 5.74) is 0.353. The first-order chi connectivity index (χ1) is 11.1. The van der Waals surface area contributed by atoms with Crippen molar-refractivity contribution in [3.05, 3.63) is 23.8 Å². The molecule has 2 fully saturated rings. The quantitative estimate of drug-likeness (QED) is 0.794. The maximum atomic E-state index is 12.8. The van der Waals surface area contributed by atoms with Gasteiger partial charge in [0, 0.05) is 14.1 Å². The Kier molecular flexibility index (Phi) is 4.17. The van der Waals surface area contributed by atoms with E-state index in [0.29, 0.717) is 11.3 Å². The normalized spacial score (nSPS) is 21.7. The van der Waals surface area contributed by atoms with Gasteiger partial charge in [-0.2, -0.15) is 0 Å². The monoisotopic (exact) mass is 331 g/mol. The number of hydrogen-bond acceptors (Lipinski definition) is 4. The van der Waals surface area contributed by atoms with Crippen LogP contribution in [0.15, 0.2) is 18.2 Å². The molecule has 0 spiro atoms. The molecule has 0 atom stereocenters. The molecular weight excluding hydrogens is 305 g/mol. The zero-order valence-corrected chi connectivity index (χ0v) is 15.4. The van der Waals surface area contributed by atoms with Crippen molar-refractivity contribution < 1.29 is 18.8 Å². The zero-order valence-electron chi connectivity index (χ0n) is 15.4. The summed E-state index contributed by atoms with van der Waals surface area (Å²) in [6, 6.07) is 5.63. The molecule has 1 aromatic rings. The first-order valence-corrected chi connectivity index (χ1v) is 8.49. The number of carbonyl (C=O) groups is 1. The Bertz CT molecular complexity index is 636. The molecular formula is C18H26BNO4. The van der Waals surface area contributed by atoms with Crippen molar-refractivity contribution in [2.24, 2.45) is 0 Å². The minimum atomic E-state index is -0.586. The van der Waals surface area contributed by atoms with E-state index in [1.54, 1.807) is 19.0 Å². The van der Waals surface area contributed by atoms with Gasteiger partial charge in [0.15, 0.2) is 0 Å². The number of rotatable bonds is 4. The Balaban J connectivity index is 2.02. The van der Waals surface area contributed by atoms with Gasteiger partial charge in [-0.15, -0.1) is 0 Å². The minimum Gasteiger partial charge on any atom is -0.490 e. The molecule has 0 radical (unpaired) electrons. The summed E-state index contributed by atoms with van der Waals surface area (Å²) >= 11 is 0. The predicted molar refractivity (Wildman–Crippen MR) is 93.8 cm³/mol. The highest BCUT2D eigenvalue weighted by molar-refractivity contribution is 6.63. The second-order valence-corrected chi connectivity index (χ2v) is 7.83. The van der Waals surface area contributed by atoms with Crippen LogP contribution in [0.5, 0.6) is 5.75 Å². The zero-order chi connectivity index (χ0) is 17.7. The van der Waals surface area contributed by atoms with Crippen molar-refractivity contribution >= 4 is 18.5 Å². The predicted octanol–water partition coefficient (Wildman–Crippen LogP) is 2.23. The molecule has 0 bridgehead atoms. The first kappa shape index (κ1) is 17.3. The van der Waals surface area contributed by atoms with Crippen LogP contribution in [0.25, 0.3) is 0 Å². The minimum absolute atomic E-state index is 0.101. The molecule has 24 heavy (non-hydrogen) atoms. The van der Waals surface area contributed by atoms with E-state index >= 15 is 0 Å². The third-order valence-electron chi connectivity index (χ3n) is 5.00. The number of amides is 1. The molecule has 130 valence electrons. The molecule has 6 heteroatoms. The average molecular weight is 331 g/mol. The summed E-state index contributed by atoms with van der Waals surface area (Å²) < 4.78 is 18.3. The van der Waals surface area contributed by atoms with Gasteiger partial charge in [0.05, 0.1) is 22.9 Å². The molecule has 1 aliphatic carbocycles. The van der Waals surface area contributed by atoms with Crippen LogP contribution in [0.3, 0.4) is 0 Å². The van der Waals surface area contributed by atoms with E-state index in [1.807, 2.05) is 45.9 Å². The van der Waals surface area contributed by atoms with Gasteiger partial charge in [-0.05, 0) is 52.1 Å². The van der Waals surface area contributed by atoms with Crippen molar-refractivity contribution in [1.29, 1.82) is 0 Å². The smallest absolute Gasteiger partial charge is 0.490 e. The number of benzene rings is 1. The molecule has 0 N–H and O–H groups in total. The van der Waals surface area contributed by atoms with Crippen molar-refractivity contribution in [2.75, 3.05) is 14.1 Å². The third-order valence-corrected chi connectivity index (χ3v) is 5.00. The molecule has 0 unspecified atom stereocenters. The number of hydrogen-bond donors (Lipinski definition) is 0. The van der Waals surface area contributed by atoms with E-state index in [9.17, 15) is 4.79 Å². The summed E-state index contributed by atoms with van der Waals surface area (Å²) in [5.74, 6) is 0.513. The van der Waals surface area contributed by atoms with Gasteiger partial charge in [-0.1, -0.05) is 12.1 Å². The van der Waals surface area contributed by atoms with Crippen molar-refractivity contribution in [3.8, 4) is 5.75 Å². The summed E-state index contributed by atoms with van der Waals surface area (Å²) in [6.07, 6.45) is 2.29. The maximum absolute atomic E-state index is 12.8. The fourth-order valence-electron chi connectivity index (χ4n) is 2.63. The first-order valence-electron chi connectivity index (χ1n) is 8.49. The average Bonchev–Trinajstić information content (AvgIpc) is 3.25. The van der Waals surface area contributed by atoms with Crippen LogP contribution in [-0.2, 0) is 9.31 Å². The third kappa shape index (κ3) is 3.05. The van der Waals surface area contributed by atoms with E-state index in [2.05, 4.69) is 0 Å². The van der Waals surface area contributed by atoms with Gasteiger partial charge in [0.2, 0.25) is 0 Å². The highest BCUT2D eigenvalue weighted by Gasteiger charge is 2.52. The standard InChI is InChI=1S/C18H26BNO4/c1-17(2)18(3,4)24-19(23-17)13-8-7-9-14(22-12-10-11-12)15(13)16(21)20(5)6/h7-9,12H,10-11H2,1-6H3. The summed E-state index contributed by atoms with van der Waals surface area (Å²) in [7, 11) is 2.89. The Morgan fingerprint density at radius 1 is 1.17 bits per heavy atom. The lowest BCUT2D eigenvalue weighted by atomic mass is 9.75. The van der Waals surface area contributed by atoms with Crippen molar-refractivity contribution in [1.82, 2.24) is 4.90 Å². The number of ether oxygens (including phenoxy) is 1. The molecule has 5 nitrogen and oxygen atoms in total. The molecule has 1 aliphatic heterocycles. The van der Waals surface area contributed by atoms with E-state index in [0.717, 1.165) is 18.3 Å². The fourth-order valence-corrected chi connectivity index (χ4v) is 2.63. The lowest BCUT2D eigenvalue weighted by Crippen LogP contribution is -2.41. The van der Waals surface area contributed by atoms with Crippen molar-refractivity contribution in [3.63, 3.8) is 0 Å². The van der Waals surface area contributed by atoms with Gasteiger partial charge in [0.1, 0.15) is 5.75 Å². The summed E-state index contributed by atoms with van der Waals surface area (Å²) in [6.45, 7) is 8.02. The van der Waals surface area contributed by atoms with Crippen LogP contribution in [0.2, 0.25) is 0 Å². The SMILES string of the molecule is CN(C)C(=O)c1c(OC2CC2)cccc1B1OC(C)(C)C(C)(C)O1. The number of carbonyl (C=O) groups excluding carboxylic acids is 1. The molecule has 3 rings (SSSR count). The van der Waals surface area contributed by atoms with E-state index in [1.165, 1.54) is 0 Å². The lowest BCUT2D eigenvalue weighted by molar-refractivity contribution is 0.00578. The molecule has 1 aromatic carbocycles. The second kappa shape index (κ2) is 5.78. The van der Waals surface area contributed by atoms with Crippen molar-refractivity contribution in [2.45, 2.75) is 57.8 Å². The largest absolute Gasteiger partial charge is 0.495 e. The fraction of sp³-hybridized carbons (Fsp3) is 0.611. The maximum Gasteiger partial charge on any atom is 0.495 e. The molecule has 1 amide bonds. The van der Waals surface area contributed by atoms with Crippen LogP contribution in [-0.4, -0.2) is 49.3 Å². The van der Waals surface area contributed by atoms with E-state index in [4.69, 9.17) is 14.0 Å². The Hall–Kier alpha value is -1.53. The topological polar surface area (TPSA) is 48.0 Å². The van der Waals surface area contributed by atoms with Gasteiger partial charge in [-0.25, -0.2) is 0 Å². The van der Waals surface area contributed by atoms with E-state index in [-0.39, 0.29) is 12.0 Å². The van der Waals surface area contributed by atoms with Gasteiger partial charge < -0.3 is 18.9 Å². The Labute approximate surface area is 144 Å². The van der Waals surface area contributed by atoms with Crippen LogP contribution in [0.4, 0.5) is 0 Å². The van der Waals surface area contributed by atoms with Crippen LogP contribution in [0, 0.1) is 0 Å². The highest BCUT2D eigenvalue weighted by Crippen LogP contribution is 2.37.